The van der Waals surface area contributed by atoms with Crippen LogP contribution in [-0.2, 0) is 0 Å². The molecule has 1 amide bonds. The third kappa shape index (κ3) is 2.04. The minimum Gasteiger partial charge on any atom is -0.327 e. The lowest BCUT2D eigenvalue weighted by atomic mass is 9.99. The summed E-state index contributed by atoms with van der Waals surface area (Å²) in [6, 6.07) is 13.7. The highest BCUT2D eigenvalue weighted by Gasteiger charge is 2.40. The van der Waals surface area contributed by atoms with Crippen molar-refractivity contribution >= 4 is 5.91 Å². The van der Waals surface area contributed by atoms with Gasteiger partial charge in [0.2, 0.25) is 0 Å². The van der Waals surface area contributed by atoms with E-state index in [4.69, 9.17) is 0 Å². The number of fused-ring (bicyclic) bond motifs is 1. The fraction of sp³-hybridized carbons (Fsp3) is 0.167. The first-order valence-electron chi connectivity index (χ1n) is 7.50. The van der Waals surface area contributed by atoms with E-state index in [-0.39, 0.29) is 11.9 Å². The lowest BCUT2D eigenvalue weighted by Crippen LogP contribution is -2.25. The molecule has 0 spiro atoms. The van der Waals surface area contributed by atoms with Gasteiger partial charge in [0.15, 0.2) is 0 Å². The topological polar surface area (TPSA) is 61.9 Å². The lowest BCUT2D eigenvalue weighted by molar-refractivity contribution is 0.0786. The van der Waals surface area contributed by atoms with Crippen LogP contribution in [0, 0.1) is 6.92 Å². The predicted molar refractivity (Wildman–Crippen MR) is 86.9 cm³/mol. The van der Waals surface area contributed by atoms with Gasteiger partial charge in [-0.05, 0) is 19.1 Å². The second-order valence-corrected chi connectivity index (χ2v) is 5.80. The summed E-state index contributed by atoms with van der Waals surface area (Å²) in [5.41, 5.74) is 5.30. The fourth-order valence-corrected chi connectivity index (χ4v) is 3.08. The molecule has 0 radical (unpaired) electrons. The molecule has 1 atom stereocenters. The standard InChI is InChI=1S/C18H16N4O/c1-11-6-8-12(9-7-11)15-14-16(21-20-15)18(23)22(2)17(14)13-5-3-4-10-19-13/h3-10,17H,1-2H3,(H,20,21)/t17-/m0/s1. The van der Waals surface area contributed by atoms with Crippen LogP contribution in [0.4, 0.5) is 0 Å². The van der Waals surface area contributed by atoms with Gasteiger partial charge in [-0.15, -0.1) is 0 Å². The van der Waals surface area contributed by atoms with Crippen LogP contribution in [0.3, 0.4) is 0 Å². The SMILES string of the molecule is Cc1ccc(-c2n[nH]c3c2[C@H](c2ccccn2)N(C)C3=O)cc1. The smallest absolute Gasteiger partial charge is 0.272 e. The van der Waals surface area contributed by atoms with Gasteiger partial charge in [-0.25, -0.2) is 0 Å². The average molecular weight is 304 g/mol. The minimum atomic E-state index is -0.214. The number of hydrogen-bond donors (Lipinski definition) is 1. The number of aromatic nitrogens is 3. The van der Waals surface area contributed by atoms with Gasteiger partial charge < -0.3 is 4.90 Å². The Kier molecular flexibility index (Phi) is 3.01. The number of nitrogens with zero attached hydrogens (tertiary/aromatic N) is 3. The molecule has 0 saturated heterocycles. The van der Waals surface area contributed by atoms with E-state index in [2.05, 4.69) is 15.2 Å². The second-order valence-electron chi connectivity index (χ2n) is 5.80. The Balaban J connectivity index is 1.90. The summed E-state index contributed by atoms with van der Waals surface area (Å²) >= 11 is 0. The van der Waals surface area contributed by atoms with Crippen molar-refractivity contribution in [3.8, 4) is 11.3 Å². The molecule has 0 fully saturated rings. The highest BCUT2D eigenvalue weighted by Crippen LogP contribution is 2.40. The molecule has 1 aliphatic rings. The third-order valence-corrected chi connectivity index (χ3v) is 4.29. The molecule has 5 heteroatoms. The third-order valence-electron chi connectivity index (χ3n) is 4.29. The number of hydrogen-bond acceptors (Lipinski definition) is 3. The molecule has 5 nitrogen and oxygen atoms in total. The normalized spacial score (nSPS) is 16.7. The Morgan fingerprint density at radius 2 is 1.91 bits per heavy atom. The number of aromatic amines is 1. The Labute approximate surface area is 134 Å². The molecule has 3 aromatic rings. The van der Waals surface area contributed by atoms with Crippen molar-refractivity contribution in [2.75, 3.05) is 7.05 Å². The van der Waals surface area contributed by atoms with Crippen molar-refractivity contribution in [3.05, 3.63) is 71.2 Å². The van der Waals surface area contributed by atoms with E-state index in [1.54, 1.807) is 18.1 Å². The van der Waals surface area contributed by atoms with Crippen LogP contribution in [0.1, 0.15) is 33.4 Å². The second kappa shape index (κ2) is 5.05. The van der Waals surface area contributed by atoms with Crippen molar-refractivity contribution in [1.29, 1.82) is 0 Å². The van der Waals surface area contributed by atoms with E-state index in [1.165, 1.54) is 5.56 Å². The summed E-state index contributed by atoms with van der Waals surface area (Å²) in [5.74, 6) is -0.0542. The zero-order valence-corrected chi connectivity index (χ0v) is 12.9. The number of H-pyrrole nitrogens is 1. The number of pyridine rings is 1. The zero-order chi connectivity index (χ0) is 16.0. The van der Waals surface area contributed by atoms with Crippen molar-refractivity contribution in [3.63, 3.8) is 0 Å². The van der Waals surface area contributed by atoms with Crippen LogP contribution < -0.4 is 0 Å². The number of aryl methyl sites for hydroxylation is 1. The first-order valence-corrected chi connectivity index (χ1v) is 7.50. The van der Waals surface area contributed by atoms with Gasteiger partial charge in [0.1, 0.15) is 11.7 Å². The van der Waals surface area contributed by atoms with Gasteiger partial charge in [0.25, 0.3) is 5.91 Å². The van der Waals surface area contributed by atoms with E-state index in [9.17, 15) is 4.79 Å². The molecule has 23 heavy (non-hydrogen) atoms. The molecule has 0 unspecified atom stereocenters. The van der Waals surface area contributed by atoms with Crippen molar-refractivity contribution < 1.29 is 4.79 Å². The molecule has 1 N–H and O–H groups in total. The highest BCUT2D eigenvalue weighted by atomic mass is 16.2. The van der Waals surface area contributed by atoms with Crippen LogP contribution >= 0.6 is 0 Å². The average Bonchev–Trinajstić information content (AvgIpc) is 3.10. The fourth-order valence-electron chi connectivity index (χ4n) is 3.08. The lowest BCUT2D eigenvalue weighted by Gasteiger charge is -2.20. The molecule has 0 bridgehead atoms. The van der Waals surface area contributed by atoms with Gasteiger partial charge in [-0.1, -0.05) is 35.9 Å². The molecule has 114 valence electrons. The van der Waals surface area contributed by atoms with Crippen molar-refractivity contribution in [2.45, 2.75) is 13.0 Å². The molecular formula is C18H16N4O. The van der Waals surface area contributed by atoms with E-state index in [1.807, 2.05) is 49.4 Å². The van der Waals surface area contributed by atoms with E-state index < -0.39 is 0 Å². The molecule has 2 aromatic heterocycles. The zero-order valence-electron chi connectivity index (χ0n) is 12.9. The van der Waals surface area contributed by atoms with Gasteiger partial charge in [-0.2, -0.15) is 5.10 Å². The summed E-state index contributed by atoms with van der Waals surface area (Å²) in [4.78, 5) is 18.7. The van der Waals surface area contributed by atoms with Gasteiger partial charge >= 0.3 is 0 Å². The summed E-state index contributed by atoms with van der Waals surface area (Å²) in [6.07, 6.45) is 1.75. The molecule has 1 aromatic carbocycles. The quantitative estimate of drug-likeness (QED) is 0.791. The molecule has 4 rings (SSSR count). The first-order chi connectivity index (χ1) is 11.2. The maximum atomic E-state index is 12.5. The number of carbonyl (C=O) groups is 1. The Morgan fingerprint density at radius 3 is 2.61 bits per heavy atom. The molecule has 3 heterocycles. The molecule has 0 aliphatic carbocycles. The van der Waals surface area contributed by atoms with Crippen molar-refractivity contribution in [2.24, 2.45) is 0 Å². The Morgan fingerprint density at radius 1 is 1.13 bits per heavy atom. The summed E-state index contributed by atoms with van der Waals surface area (Å²) < 4.78 is 0. The molecule has 0 saturated carbocycles. The summed E-state index contributed by atoms with van der Waals surface area (Å²) in [5, 5.41) is 7.31. The number of benzene rings is 1. The van der Waals surface area contributed by atoms with Crippen molar-refractivity contribution in [1.82, 2.24) is 20.1 Å². The van der Waals surface area contributed by atoms with Crippen LogP contribution in [0.15, 0.2) is 48.7 Å². The van der Waals surface area contributed by atoms with Crippen LogP contribution in [-0.4, -0.2) is 33.0 Å². The monoisotopic (exact) mass is 304 g/mol. The molecule has 1 aliphatic heterocycles. The summed E-state index contributed by atoms with van der Waals surface area (Å²) in [6.45, 7) is 2.05. The van der Waals surface area contributed by atoms with Gasteiger partial charge in [-0.3, -0.25) is 14.9 Å². The van der Waals surface area contributed by atoms with Crippen LogP contribution in [0.2, 0.25) is 0 Å². The van der Waals surface area contributed by atoms with E-state index in [0.717, 1.165) is 22.5 Å². The molecular weight excluding hydrogens is 288 g/mol. The van der Waals surface area contributed by atoms with Gasteiger partial charge in [0.05, 0.1) is 11.4 Å². The predicted octanol–water partition coefficient (Wildman–Crippen LogP) is 2.96. The first kappa shape index (κ1) is 13.7. The highest BCUT2D eigenvalue weighted by molar-refractivity contribution is 5.99. The van der Waals surface area contributed by atoms with Gasteiger partial charge in [0, 0.05) is 24.4 Å². The summed E-state index contributed by atoms with van der Waals surface area (Å²) in [7, 11) is 1.80. The largest absolute Gasteiger partial charge is 0.327 e. The maximum absolute atomic E-state index is 12.5. The Bertz CT molecular complexity index is 868. The van der Waals surface area contributed by atoms with E-state index >= 15 is 0 Å². The number of nitrogens with one attached hydrogen (secondary N) is 1. The van der Waals surface area contributed by atoms with E-state index in [0.29, 0.717) is 5.69 Å². The maximum Gasteiger partial charge on any atom is 0.272 e. The minimum absolute atomic E-state index is 0.0542. The number of rotatable bonds is 2. The Hall–Kier alpha value is -2.95. The van der Waals surface area contributed by atoms with Crippen LogP contribution in [0.25, 0.3) is 11.3 Å². The van der Waals surface area contributed by atoms with Crippen LogP contribution in [0.5, 0.6) is 0 Å². The number of amides is 1. The number of carbonyl (C=O) groups excluding carboxylic acids is 1.